The first kappa shape index (κ1) is 20.2. The number of aliphatic imine (C=N–C) groups is 1. The average Bonchev–Trinajstić information content (AvgIpc) is 2.55. The first-order chi connectivity index (χ1) is 11.2. The van der Waals surface area contributed by atoms with Crippen molar-refractivity contribution >= 4 is 5.96 Å². The highest BCUT2D eigenvalue weighted by Gasteiger charge is 2.25. The van der Waals surface area contributed by atoms with E-state index in [0.29, 0.717) is 6.04 Å². The van der Waals surface area contributed by atoms with E-state index < -0.39 is 0 Å². The molecule has 0 aromatic carbocycles. The summed E-state index contributed by atoms with van der Waals surface area (Å²) < 4.78 is 5.38. The molecule has 1 atom stereocenters. The number of ether oxygens (including phenoxy) is 1. The van der Waals surface area contributed by atoms with Gasteiger partial charge in [-0.25, -0.2) is 0 Å². The predicted octanol–water partition coefficient (Wildman–Crippen LogP) is 2.48. The molecule has 0 bridgehead atoms. The number of likely N-dealkylation sites (N-methyl/N-ethyl adjacent to an activating group) is 1. The second kappa shape index (κ2) is 12.6. The van der Waals surface area contributed by atoms with Crippen molar-refractivity contribution in [1.29, 1.82) is 0 Å². The molecule has 0 saturated heterocycles. The summed E-state index contributed by atoms with van der Waals surface area (Å²) in [6.45, 7) is 8.42. The van der Waals surface area contributed by atoms with Gasteiger partial charge in [0.05, 0.1) is 6.54 Å². The number of nitrogens with zero attached hydrogens (tertiary/aromatic N) is 2. The molecule has 5 nitrogen and oxygen atoms in total. The van der Waals surface area contributed by atoms with E-state index in [4.69, 9.17) is 9.73 Å². The molecule has 0 radical (unpaired) electrons. The number of nitrogens with one attached hydrogen (secondary N) is 2. The van der Waals surface area contributed by atoms with Crippen molar-refractivity contribution in [2.45, 2.75) is 58.4 Å². The van der Waals surface area contributed by atoms with Crippen molar-refractivity contribution in [3.63, 3.8) is 0 Å². The molecule has 0 aromatic rings. The van der Waals surface area contributed by atoms with Crippen LogP contribution in [-0.4, -0.2) is 63.8 Å². The highest BCUT2D eigenvalue weighted by molar-refractivity contribution is 5.79. The lowest BCUT2D eigenvalue weighted by Crippen LogP contribution is -2.42. The van der Waals surface area contributed by atoms with Crippen molar-refractivity contribution in [3.05, 3.63) is 0 Å². The van der Waals surface area contributed by atoms with Crippen LogP contribution in [0.3, 0.4) is 0 Å². The third-order valence-electron chi connectivity index (χ3n) is 4.60. The van der Waals surface area contributed by atoms with Crippen molar-refractivity contribution < 1.29 is 4.74 Å². The minimum absolute atomic E-state index is 0.550. The molecular formula is C18H38N4O. The Labute approximate surface area is 143 Å². The Bertz CT molecular complexity index is 314. The smallest absolute Gasteiger partial charge is 0.191 e. The van der Waals surface area contributed by atoms with Crippen LogP contribution in [0.2, 0.25) is 0 Å². The highest BCUT2D eigenvalue weighted by atomic mass is 16.5. The van der Waals surface area contributed by atoms with Crippen LogP contribution in [-0.2, 0) is 4.74 Å². The van der Waals surface area contributed by atoms with E-state index in [-0.39, 0.29) is 0 Å². The van der Waals surface area contributed by atoms with Crippen LogP contribution in [0.15, 0.2) is 4.99 Å². The second-order valence-electron chi connectivity index (χ2n) is 6.63. The lowest BCUT2D eigenvalue weighted by Gasteiger charge is -2.34. The standard InChI is InChI=1S/C18H38N4O/c1-5-19-18(20-13-10-14-23-6-2)21-15-17(22(3)4)16-11-8-7-9-12-16/h16-17H,5-15H2,1-4H3,(H2,19,20,21). The average molecular weight is 327 g/mol. The summed E-state index contributed by atoms with van der Waals surface area (Å²) in [5.74, 6) is 1.73. The Morgan fingerprint density at radius 2 is 1.91 bits per heavy atom. The Balaban J connectivity index is 2.47. The summed E-state index contributed by atoms with van der Waals surface area (Å²) >= 11 is 0. The van der Waals surface area contributed by atoms with Crippen molar-refractivity contribution in [2.24, 2.45) is 10.9 Å². The van der Waals surface area contributed by atoms with Gasteiger partial charge >= 0.3 is 0 Å². The van der Waals surface area contributed by atoms with Crippen LogP contribution in [0.1, 0.15) is 52.4 Å². The van der Waals surface area contributed by atoms with Crippen molar-refractivity contribution in [1.82, 2.24) is 15.5 Å². The molecule has 1 rings (SSSR count). The van der Waals surface area contributed by atoms with Crippen molar-refractivity contribution in [2.75, 3.05) is 46.9 Å². The summed E-state index contributed by atoms with van der Waals surface area (Å²) in [6, 6.07) is 0.550. The zero-order valence-electron chi connectivity index (χ0n) is 15.7. The van der Waals surface area contributed by atoms with Gasteiger partial charge in [0.25, 0.3) is 0 Å². The van der Waals surface area contributed by atoms with Gasteiger partial charge in [-0.05, 0) is 53.1 Å². The summed E-state index contributed by atoms with van der Waals surface area (Å²) in [4.78, 5) is 7.20. The van der Waals surface area contributed by atoms with Gasteiger partial charge in [-0.3, -0.25) is 4.99 Å². The molecule has 0 amide bonds. The predicted molar refractivity (Wildman–Crippen MR) is 99.1 cm³/mol. The lowest BCUT2D eigenvalue weighted by molar-refractivity contribution is 0.145. The summed E-state index contributed by atoms with van der Waals surface area (Å²) in [6.07, 6.45) is 7.90. The molecule has 0 aliphatic heterocycles. The maximum Gasteiger partial charge on any atom is 0.191 e. The van der Waals surface area contributed by atoms with Crippen LogP contribution in [0.5, 0.6) is 0 Å². The third kappa shape index (κ3) is 8.56. The fourth-order valence-electron chi connectivity index (χ4n) is 3.30. The maximum absolute atomic E-state index is 5.38. The molecular weight excluding hydrogens is 288 g/mol. The Morgan fingerprint density at radius 3 is 2.52 bits per heavy atom. The topological polar surface area (TPSA) is 48.9 Å². The van der Waals surface area contributed by atoms with Gasteiger partial charge < -0.3 is 20.3 Å². The van der Waals surface area contributed by atoms with Crippen LogP contribution in [0.25, 0.3) is 0 Å². The normalized spacial score (nSPS) is 18.2. The zero-order valence-corrected chi connectivity index (χ0v) is 15.7. The minimum atomic E-state index is 0.550. The van der Waals surface area contributed by atoms with Gasteiger partial charge in [0.1, 0.15) is 0 Å². The van der Waals surface area contributed by atoms with Gasteiger partial charge in [-0.15, -0.1) is 0 Å². The van der Waals surface area contributed by atoms with E-state index in [1.54, 1.807) is 0 Å². The highest BCUT2D eigenvalue weighted by Crippen LogP contribution is 2.28. The molecule has 1 aliphatic rings. The van der Waals surface area contributed by atoms with Crippen LogP contribution in [0.4, 0.5) is 0 Å². The van der Waals surface area contributed by atoms with Gasteiger partial charge in [0.15, 0.2) is 5.96 Å². The monoisotopic (exact) mass is 326 g/mol. The summed E-state index contributed by atoms with van der Waals surface area (Å²) in [5, 5.41) is 6.77. The zero-order chi connectivity index (χ0) is 16.9. The van der Waals surface area contributed by atoms with E-state index in [9.17, 15) is 0 Å². The maximum atomic E-state index is 5.38. The first-order valence-electron chi connectivity index (χ1n) is 9.45. The van der Waals surface area contributed by atoms with E-state index in [2.05, 4.69) is 36.6 Å². The van der Waals surface area contributed by atoms with E-state index in [0.717, 1.165) is 51.1 Å². The summed E-state index contributed by atoms with van der Waals surface area (Å²) in [5.41, 5.74) is 0. The SMILES string of the molecule is CCNC(=NCC(C1CCCCC1)N(C)C)NCCCOCC. The Morgan fingerprint density at radius 1 is 1.17 bits per heavy atom. The van der Waals surface area contributed by atoms with E-state index >= 15 is 0 Å². The third-order valence-corrected chi connectivity index (χ3v) is 4.60. The van der Waals surface area contributed by atoms with Crippen LogP contribution >= 0.6 is 0 Å². The molecule has 2 N–H and O–H groups in total. The number of hydrogen-bond donors (Lipinski definition) is 2. The number of hydrogen-bond acceptors (Lipinski definition) is 3. The minimum Gasteiger partial charge on any atom is -0.382 e. The Hall–Kier alpha value is -0.810. The molecule has 1 aliphatic carbocycles. The van der Waals surface area contributed by atoms with Crippen LogP contribution in [0, 0.1) is 5.92 Å². The van der Waals surface area contributed by atoms with Gasteiger partial charge in [0, 0.05) is 32.3 Å². The lowest BCUT2D eigenvalue weighted by atomic mass is 9.83. The molecule has 136 valence electrons. The second-order valence-corrected chi connectivity index (χ2v) is 6.63. The molecule has 1 fully saturated rings. The molecule has 1 saturated carbocycles. The van der Waals surface area contributed by atoms with Crippen molar-refractivity contribution in [3.8, 4) is 0 Å². The molecule has 5 heteroatoms. The Kier molecular flexibility index (Phi) is 11.1. The number of rotatable bonds is 10. The van der Waals surface area contributed by atoms with Gasteiger partial charge in [-0.2, -0.15) is 0 Å². The molecule has 1 unspecified atom stereocenters. The fourth-order valence-corrected chi connectivity index (χ4v) is 3.30. The van der Waals surface area contributed by atoms with Crippen LogP contribution < -0.4 is 10.6 Å². The molecule has 0 heterocycles. The van der Waals surface area contributed by atoms with E-state index in [1.807, 2.05) is 6.92 Å². The molecule has 0 aromatic heterocycles. The largest absolute Gasteiger partial charge is 0.382 e. The molecule has 0 spiro atoms. The first-order valence-corrected chi connectivity index (χ1v) is 9.45. The van der Waals surface area contributed by atoms with E-state index in [1.165, 1.54) is 32.1 Å². The summed E-state index contributed by atoms with van der Waals surface area (Å²) in [7, 11) is 4.38. The number of guanidine groups is 1. The fraction of sp³-hybridized carbons (Fsp3) is 0.944. The van der Waals surface area contributed by atoms with Gasteiger partial charge in [-0.1, -0.05) is 19.3 Å². The quantitative estimate of drug-likeness (QED) is 0.368. The van der Waals surface area contributed by atoms with Gasteiger partial charge in [0.2, 0.25) is 0 Å². The molecule has 23 heavy (non-hydrogen) atoms.